The average Bonchev–Trinajstić information content (AvgIpc) is 2.79. The number of aromatic nitrogens is 3. The summed E-state index contributed by atoms with van der Waals surface area (Å²) in [5, 5.41) is 0. The van der Waals surface area contributed by atoms with Crippen molar-refractivity contribution in [1.29, 1.82) is 0 Å². The molecule has 0 bridgehead atoms. The van der Waals surface area contributed by atoms with Crippen LogP contribution in [0.2, 0.25) is 0 Å². The van der Waals surface area contributed by atoms with Crippen molar-refractivity contribution in [3.63, 3.8) is 0 Å². The number of nitrogens with zero attached hydrogens (tertiary/aromatic N) is 2. The zero-order valence-electron chi connectivity index (χ0n) is 8.25. The third-order valence-electron chi connectivity index (χ3n) is 3.00. The number of aromatic amines is 1. The quantitative estimate of drug-likeness (QED) is 0.859. The summed E-state index contributed by atoms with van der Waals surface area (Å²) in [6.45, 7) is 2.09. The van der Waals surface area contributed by atoms with E-state index >= 15 is 0 Å². The fourth-order valence-corrected chi connectivity index (χ4v) is 2.21. The molecule has 2 heterocycles. The minimum atomic E-state index is -0.0596. The number of imidazole rings is 1. The van der Waals surface area contributed by atoms with Crippen molar-refractivity contribution in [2.45, 2.75) is 25.3 Å². The van der Waals surface area contributed by atoms with Crippen LogP contribution in [0.4, 0.5) is 0 Å². The van der Waals surface area contributed by atoms with E-state index in [1.165, 1.54) is 0 Å². The molecule has 0 atom stereocenters. The molecule has 0 saturated heterocycles. The Morgan fingerprint density at radius 3 is 3.00 bits per heavy atom. The maximum Gasteiger partial charge on any atom is 0.328 e. The Bertz CT molecular complexity index is 594. The van der Waals surface area contributed by atoms with Crippen LogP contribution in [0, 0.1) is 0 Å². The van der Waals surface area contributed by atoms with Crippen molar-refractivity contribution in [2.24, 2.45) is 0 Å². The van der Waals surface area contributed by atoms with Gasteiger partial charge in [0.25, 0.3) is 0 Å². The molecule has 0 amide bonds. The Balaban J connectivity index is 2.38. The maximum atomic E-state index is 11.8. The number of fused-ring (bicyclic) bond motifs is 1. The highest BCUT2D eigenvalue weighted by molar-refractivity contribution is 9.10. The highest BCUT2D eigenvalue weighted by Crippen LogP contribution is 2.43. The van der Waals surface area contributed by atoms with Crippen molar-refractivity contribution in [1.82, 2.24) is 14.5 Å². The molecule has 5 heteroatoms. The van der Waals surface area contributed by atoms with E-state index in [9.17, 15) is 4.79 Å². The van der Waals surface area contributed by atoms with Gasteiger partial charge in [0.2, 0.25) is 0 Å². The van der Waals surface area contributed by atoms with Crippen LogP contribution in [-0.2, 0) is 5.54 Å². The molecular weight excluding hydrogens is 258 g/mol. The van der Waals surface area contributed by atoms with Gasteiger partial charge in [-0.15, -0.1) is 0 Å². The van der Waals surface area contributed by atoms with Gasteiger partial charge in [0.15, 0.2) is 5.65 Å². The Labute approximate surface area is 94.5 Å². The number of hydrogen-bond acceptors (Lipinski definition) is 2. The molecule has 1 aliphatic carbocycles. The lowest BCUT2D eigenvalue weighted by Gasteiger charge is -2.09. The van der Waals surface area contributed by atoms with Gasteiger partial charge in [-0.3, -0.25) is 4.57 Å². The van der Waals surface area contributed by atoms with Gasteiger partial charge in [-0.2, -0.15) is 0 Å². The summed E-state index contributed by atoms with van der Waals surface area (Å²) in [6, 6.07) is 1.88. The first kappa shape index (κ1) is 9.15. The van der Waals surface area contributed by atoms with Gasteiger partial charge < -0.3 is 4.98 Å². The molecule has 0 radical (unpaired) electrons. The lowest BCUT2D eigenvalue weighted by Crippen LogP contribution is -2.25. The van der Waals surface area contributed by atoms with Gasteiger partial charge in [-0.05, 0) is 41.8 Å². The first-order valence-electron chi connectivity index (χ1n) is 4.87. The van der Waals surface area contributed by atoms with Crippen LogP contribution >= 0.6 is 15.9 Å². The molecule has 4 nitrogen and oxygen atoms in total. The van der Waals surface area contributed by atoms with Crippen LogP contribution in [0.1, 0.15) is 19.8 Å². The normalized spacial score (nSPS) is 18.3. The molecule has 2 aromatic rings. The van der Waals surface area contributed by atoms with Crippen LogP contribution in [0.15, 0.2) is 21.5 Å². The van der Waals surface area contributed by atoms with Crippen molar-refractivity contribution in [3.8, 4) is 0 Å². The molecule has 1 saturated carbocycles. The molecule has 1 aliphatic rings. The van der Waals surface area contributed by atoms with Gasteiger partial charge in [-0.25, -0.2) is 9.78 Å². The minimum absolute atomic E-state index is 0.0177. The van der Waals surface area contributed by atoms with Gasteiger partial charge in [0.1, 0.15) is 0 Å². The first-order chi connectivity index (χ1) is 7.10. The van der Waals surface area contributed by atoms with E-state index in [1.54, 1.807) is 10.8 Å². The van der Waals surface area contributed by atoms with Crippen molar-refractivity contribution in [3.05, 3.63) is 27.2 Å². The van der Waals surface area contributed by atoms with E-state index in [0.717, 1.165) is 28.5 Å². The number of nitrogens with one attached hydrogen (secondary N) is 1. The van der Waals surface area contributed by atoms with Crippen LogP contribution in [0.3, 0.4) is 0 Å². The fourth-order valence-electron chi connectivity index (χ4n) is 1.87. The predicted molar refractivity (Wildman–Crippen MR) is 60.9 cm³/mol. The van der Waals surface area contributed by atoms with E-state index < -0.39 is 0 Å². The molecule has 15 heavy (non-hydrogen) atoms. The standard InChI is InChI=1S/C10H10BrN3O/c1-10(2-3-10)14-8-7(13-9(14)15)4-6(11)5-12-8/h4-5H,2-3H2,1H3,(H,13,15). The summed E-state index contributed by atoms with van der Waals surface area (Å²) in [5.41, 5.74) is 1.47. The lowest BCUT2D eigenvalue weighted by atomic mass is 10.3. The molecule has 78 valence electrons. The summed E-state index contributed by atoms with van der Waals surface area (Å²) in [6.07, 6.45) is 3.83. The maximum absolute atomic E-state index is 11.8. The highest BCUT2D eigenvalue weighted by Gasteiger charge is 2.42. The third kappa shape index (κ3) is 1.26. The number of H-pyrrole nitrogens is 1. The van der Waals surface area contributed by atoms with E-state index in [-0.39, 0.29) is 11.2 Å². The Morgan fingerprint density at radius 1 is 1.60 bits per heavy atom. The van der Waals surface area contributed by atoms with Crippen molar-refractivity contribution in [2.75, 3.05) is 0 Å². The van der Waals surface area contributed by atoms with Gasteiger partial charge in [0, 0.05) is 16.2 Å². The minimum Gasteiger partial charge on any atom is -0.304 e. The van der Waals surface area contributed by atoms with Gasteiger partial charge in [-0.1, -0.05) is 0 Å². The highest BCUT2D eigenvalue weighted by atomic mass is 79.9. The van der Waals surface area contributed by atoms with Gasteiger partial charge >= 0.3 is 5.69 Å². The second-order valence-electron chi connectivity index (χ2n) is 4.29. The summed E-state index contributed by atoms with van der Waals surface area (Å²) in [7, 11) is 0. The second-order valence-corrected chi connectivity index (χ2v) is 5.20. The molecule has 2 aromatic heterocycles. The number of pyridine rings is 1. The molecule has 3 rings (SSSR count). The predicted octanol–water partition coefficient (Wildman–Crippen LogP) is 2.00. The molecule has 0 spiro atoms. The SMILES string of the molecule is CC1(n2c(=O)[nH]c3cc(Br)cnc32)CC1. The van der Waals surface area contributed by atoms with E-state index in [1.807, 2.05) is 6.07 Å². The number of halogens is 1. The first-order valence-corrected chi connectivity index (χ1v) is 5.66. The smallest absolute Gasteiger partial charge is 0.304 e. The summed E-state index contributed by atoms with van der Waals surface area (Å²) in [5.74, 6) is 0. The fraction of sp³-hybridized carbons (Fsp3) is 0.400. The molecule has 0 aromatic carbocycles. The van der Waals surface area contributed by atoms with Crippen molar-refractivity contribution >= 4 is 27.1 Å². The van der Waals surface area contributed by atoms with Gasteiger partial charge in [0.05, 0.1) is 5.52 Å². The number of hydrogen-bond donors (Lipinski definition) is 1. The van der Waals surface area contributed by atoms with E-state index in [4.69, 9.17) is 0 Å². The van der Waals surface area contributed by atoms with Crippen LogP contribution in [0.5, 0.6) is 0 Å². The molecular formula is C10H10BrN3O. The lowest BCUT2D eigenvalue weighted by molar-refractivity contribution is 0.527. The average molecular weight is 268 g/mol. The van der Waals surface area contributed by atoms with Crippen LogP contribution in [-0.4, -0.2) is 14.5 Å². The summed E-state index contributed by atoms with van der Waals surface area (Å²) < 4.78 is 2.65. The zero-order valence-corrected chi connectivity index (χ0v) is 9.84. The second kappa shape index (κ2) is 2.72. The Morgan fingerprint density at radius 2 is 2.33 bits per heavy atom. The van der Waals surface area contributed by atoms with E-state index in [2.05, 4.69) is 32.8 Å². The molecule has 1 fully saturated rings. The van der Waals surface area contributed by atoms with Crippen LogP contribution in [0.25, 0.3) is 11.2 Å². The topological polar surface area (TPSA) is 50.7 Å². The molecule has 0 unspecified atom stereocenters. The van der Waals surface area contributed by atoms with Crippen LogP contribution < -0.4 is 5.69 Å². The Kier molecular flexibility index (Phi) is 1.66. The summed E-state index contributed by atoms with van der Waals surface area (Å²) in [4.78, 5) is 18.9. The monoisotopic (exact) mass is 267 g/mol. The van der Waals surface area contributed by atoms with Crippen molar-refractivity contribution < 1.29 is 0 Å². The van der Waals surface area contributed by atoms with E-state index in [0.29, 0.717) is 0 Å². The number of rotatable bonds is 1. The zero-order chi connectivity index (χ0) is 10.6. The third-order valence-corrected chi connectivity index (χ3v) is 3.44. The molecule has 0 aliphatic heterocycles. The summed E-state index contributed by atoms with van der Waals surface area (Å²) >= 11 is 3.34. The Hall–Kier alpha value is -1.10. The molecule has 1 N–H and O–H groups in total. The largest absolute Gasteiger partial charge is 0.328 e.